The number of likely N-dealkylation sites (tertiary alicyclic amines) is 1. The fourth-order valence-electron chi connectivity index (χ4n) is 3.08. The number of benzene rings is 1. The first-order valence-electron chi connectivity index (χ1n) is 8.20. The zero-order valence-corrected chi connectivity index (χ0v) is 13.8. The number of ether oxygens (including phenoxy) is 1. The van der Waals surface area contributed by atoms with Gasteiger partial charge >= 0.3 is 0 Å². The van der Waals surface area contributed by atoms with Gasteiger partial charge in [0.05, 0.1) is 6.61 Å². The number of piperidine rings is 1. The molecule has 0 bridgehead atoms. The van der Waals surface area contributed by atoms with Crippen molar-refractivity contribution in [2.75, 3.05) is 33.4 Å². The van der Waals surface area contributed by atoms with Gasteiger partial charge < -0.3 is 10.1 Å². The predicted molar refractivity (Wildman–Crippen MR) is 88.7 cm³/mol. The Morgan fingerprint density at radius 3 is 2.86 bits per heavy atom. The van der Waals surface area contributed by atoms with Crippen molar-refractivity contribution in [3.8, 4) is 0 Å². The van der Waals surface area contributed by atoms with E-state index >= 15 is 0 Å². The predicted octanol–water partition coefficient (Wildman–Crippen LogP) is 2.89. The van der Waals surface area contributed by atoms with Crippen molar-refractivity contribution in [3.05, 3.63) is 34.9 Å². The van der Waals surface area contributed by atoms with Crippen LogP contribution in [0.4, 0.5) is 0 Å². The quantitative estimate of drug-likeness (QED) is 0.782. The van der Waals surface area contributed by atoms with Gasteiger partial charge in [0.25, 0.3) is 0 Å². The third kappa shape index (κ3) is 5.10. The van der Waals surface area contributed by atoms with Gasteiger partial charge in [-0.3, -0.25) is 4.90 Å². The van der Waals surface area contributed by atoms with Crippen LogP contribution in [0.2, 0.25) is 0 Å². The van der Waals surface area contributed by atoms with Gasteiger partial charge in [-0.25, -0.2) is 0 Å². The molecule has 0 radical (unpaired) electrons. The lowest BCUT2D eigenvalue weighted by Crippen LogP contribution is -2.45. The number of aryl methyl sites for hydroxylation is 2. The lowest BCUT2D eigenvalue weighted by atomic mass is 10.00. The van der Waals surface area contributed by atoms with Gasteiger partial charge in [0.2, 0.25) is 0 Å². The fraction of sp³-hybridized carbons (Fsp3) is 0.667. The van der Waals surface area contributed by atoms with Crippen LogP contribution >= 0.6 is 0 Å². The van der Waals surface area contributed by atoms with Crippen molar-refractivity contribution in [2.24, 2.45) is 0 Å². The van der Waals surface area contributed by atoms with Gasteiger partial charge in [0.1, 0.15) is 0 Å². The van der Waals surface area contributed by atoms with Crippen LogP contribution in [-0.2, 0) is 11.3 Å². The van der Waals surface area contributed by atoms with Crippen LogP contribution in [0, 0.1) is 13.8 Å². The zero-order valence-electron chi connectivity index (χ0n) is 13.8. The van der Waals surface area contributed by atoms with E-state index in [-0.39, 0.29) is 0 Å². The van der Waals surface area contributed by atoms with E-state index in [4.69, 9.17) is 4.74 Å². The van der Waals surface area contributed by atoms with Gasteiger partial charge in [-0.15, -0.1) is 0 Å². The molecule has 21 heavy (non-hydrogen) atoms. The summed E-state index contributed by atoms with van der Waals surface area (Å²) in [6, 6.07) is 7.55. The molecule has 1 unspecified atom stereocenters. The Bertz CT molecular complexity index is 433. The van der Waals surface area contributed by atoms with Crippen LogP contribution in [0.5, 0.6) is 0 Å². The van der Waals surface area contributed by atoms with Crippen molar-refractivity contribution < 1.29 is 4.74 Å². The van der Waals surface area contributed by atoms with E-state index in [9.17, 15) is 0 Å². The van der Waals surface area contributed by atoms with Crippen molar-refractivity contribution in [1.29, 1.82) is 0 Å². The molecule has 3 nitrogen and oxygen atoms in total. The second-order valence-electron chi connectivity index (χ2n) is 6.24. The summed E-state index contributed by atoms with van der Waals surface area (Å²) in [5.41, 5.74) is 4.23. The highest BCUT2D eigenvalue weighted by Crippen LogP contribution is 2.20. The van der Waals surface area contributed by atoms with Gasteiger partial charge in [0.15, 0.2) is 0 Å². The standard InChI is InChI=1S/C18H30N2O/c1-15-7-8-17(12-16(15)2)14-20-10-5-4-6-18(20)13-19-9-11-21-3/h7-8,12,18-19H,4-6,9-11,13-14H2,1-3H3. The van der Waals surface area contributed by atoms with E-state index < -0.39 is 0 Å². The van der Waals surface area contributed by atoms with Crippen molar-refractivity contribution >= 4 is 0 Å². The first-order chi connectivity index (χ1) is 10.2. The monoisotopic (exact) mass is 290 g/mol. The second kappa shape index (κ2) is 8.52. The Hall–Kier alpha value is -0.900. The molecule has 0 amide bonds. The average Bonchev–Trinajstić information content (AvgIpc) is 2.49. The Labute approximate surface area is 129 Å². The molecule has 118 valence electrons. The first-order valence-corrected chi connectivity index (χ1v) is 8.20. The summed E-state index contributed by atoms with van der Waals surface area (Å²) in [4.78, 5) is 2.65. The largest absolute Gasteiger partial charge is 0.383 e. The molecule has 0 aromatic heterocycles. The lowest BCUT2D eigenvalue weighted by Gasteiger charge is -2.36. The number of nitrogens with one attached hydrogen (secondary N) is 1. The van der Waals surface area contributed by atoms with E-state index in [1.54, 1.807) is 7.11 Å². The molecule has 1 N–H and O–H groups in total. The van der Waals surface area contributed by atoms with Crippen LogP contribution in [0.1, 0.15) is 36.0 Å². The van der Waals surface area contributed by atoms with Gasteiger partial charge in [-0.2, -0.15) is 0 Å². The fourth-order valence-corrected chi connectivity index (χ4v) is 3.08. The van der Waals surface area contributed by atoms with Crippen LogP contribution in [0.15, 0.2) is 18.2 Å². The smallest absolute Gasteiger partial charge is 0.0587 e. The third-order valence-electron chi connectivity index (χ3n) is 4.57. The van der Waals surface area contributed by atoms with E-state index in [1.807, 2.05) is 0 Å². The SMILES string of the molecule is COCCNCC1CCCCN1Cc1ccc(C)c(C)c1. The average molecular weight is 290 g/mol. The van der Waals surface area contributed by atoms with E-state index in [2.05, 4.69) is 42.3 Å². The van der Waals surface area contributed by atoms with Crippen LogP contribution < -0.4 is 5.32 Å². The number of rotatable bonds is 7. The second-order valence-corrected chi connectivity index (χ2v) is 6.24. The molecule has 2 rings (SSSR count). The van der Waals surface area contributed by atoms with Crippen LogP contribution in [0.3, 0.4) is 0 Å². The maximum Gasteiger partial charge on any atom is 0.0587 e. The first kappa shape index (κ1) is 16.5. The summed E-state index contributed by atoms with van der Waals surface area (Å²) in [5.74, 6) is 0. The molecular weight excluding hydrogens is 260 g/mol. The van der Waals surface area contributed by atoms with E-state index in [0.29, 0.717) is 6.04 Å². The van der Waals surface area contributed by atoms with Gasteiger partial charge in [0, 0.05) is 32.8 Å². The van der Waals surface area contributed by atoms with Crippen molar-refractivity contribution in [1.82, 2.24) is 10.2 Å². The molecule has 3 heteroatoms. The number of hydrogen-bond donors (Lipinski definition) is 1. The molecular formula is C18H30N2O. The summed E-state index contributed by atoms with van der Waals surface area (Å²) in [5, 5.41) is 3.53. The normalized spacial score (nSPS) is 19.9. The molecule has 1 fully saturated rings. The Balaban J connectivity index is 1.90. The van der Waals surface area contributed by atoms with Crippen LogP contribution in [-0.4, -0.2) is 44.3 Å². The Morgan fingerprint density at radius 1 is 1.24 bits per heavy atom. The highest BCUT2D eigenvalue weighted by Gasteiger charge is 2.21. The van der Waals surface area contributed by atoms with Crippen molar-refractivity contribution in [3.63, 3.8) is 0 Å². The summed E-state index contributed by atoms with van der Waals surface area (Å²) < 4.78 is 5.10. The third-order valence-corrected chi connectivity index (χ3v) is 4.57. The Morgan fingerprint density at radius 2 is 2.10 bits per heavy atom. The lowest BCUT2D eigenvalue weighted by molar-refractivity contribution is 0.133. The molecule has 0 saturated carbocycles. The maximum atomic E-state index is 5.10. The number of hydrogen-bond acceptors (Lipinski definition) is 3. The zero-order chi connectivity index (χ0) is 15.1. The molecule has 0 spiro atoms. The minimum atomic E-state index is 0.664. The summed E-state index contributed by atoms with van der Waals surface area (Å²) >= 11 is 0. The molecule has 1 heterocycles. The minimum Gasteiger partial charge on any atom is -0.383 e. The van der Waals surface area contributed by atoms with Gasteiger partial charge in [-0.05, 0) is 49.9 Å². The van der Waals surface area contributed by atoms with Crippen LogP contribution in [0.25, 0.3) is 0 Å². The number of methoxy groups -OCH3 is 1. The summed E-state index contributed by atoms with van der Waals surface area (Å²) in [6.07, 6.45) is 4.00. The topological polar surface area (TPSA) is 24.5 Å². The van der Waals surface area contributed by atoms with Crippen molar-refractivity contribution in [2.45, 2.75) is 45.7 Å². The molecule has 0 aliphatic carbocycles. The summed E-state index contributed by atoms with van der Waals surface area (Å²) in [6.45, 7) is 9.52. The minimum absolute atomic E-state index is 0.664. The van der Waals surface area contributed by atoms with Gasteiger partial charge in [-0.1, -0.05) is 24.6 Å². The molecule has 1 aromatic rings. The van der Waals surface area contributed by atoms with E-state index in [1.165, 1.54) is 42.5 Å². The molecule has 1 aliphatic heterocycles. The van der Waals surface area contributed by atoms with E-state index in [0.717, 1.165) is 26.2 Å². The summed E-state index contributed by atoms with van der Waals surface area (Å²) in [7, 11) is 1.76. The molecule has 1 saturated heterocycles. The highest BCUT2D eigenvalue weighted by molar-refractivity contribution is 5.29. The molecule has 1 atom stereocenters. The molecule has 1 aromatic carbocycles. The Kier molecular flexibility index (Phi) is 6.68. The maximum absolute atomic E-state index is 5.10. The molecule has 1 aliphatic rings. The number of nitrogens with zero attached hydrogens (tertiary/aromatic N) is 1. The highest BCUT2D eigenvalue weighted by atomic mass is 16.5.